The third-order valence-electron chi connectivity index (χ3n) is 5.29. The van der Waals surface area contributed by atoms with Crippen molar-refractivity contribution < 1.29 is 27.9 Å². The second-order valence-electron chi connectivity index (χ2n) is 6.77. The number of piperidine rings is 1. The van der Waals surface area contributed by atoms with Crippen LogP contribution in [0.25, 0.3) is 0 Å². The van der Waals surface area contributed by atoms with Gasteiger partial charge in [0.15, 0.2) is 0 Å². The lowest BCUT2D eigenvalue weighted by molar-refractivity contribution is -0.199. The molecule has 25 heavy (non-hydrogen) atoms. The minimum atomic E-state index is -5.06. The Hall–Kier alpha value is -2.09. The minimum Gasteiger partial charge on any atom is -0.394 e. The van der Waals surface area contributed by atoms with E-state index >= 15 is 0 Å². The second-order valence-corrected chi connectivity index (χ2v) is 6.77. The highest BCUT2D eigenvalue weighted by atomic mass is 19.4. The number of hydrogen-bond acceptors (Lipinski definition) is 3. The standard InChI is InChI=1S/C17H19F3N2O3/c18-17(19,20)14(25)22-10-15(7-6-13(24)21-15)8-9-16(22,11-23)12-4-2-1-3-5-12/h1-5,23H,6-11H2,(H,21,24)/t15-,16-/m1/s1. The predicted molar refractivity (Wildman–Crippen MR) is 82.3 cm³/mol. The number of hydrogen-bond donors (Lipinski definition) is 2. The summed E-state index contributed by atoms with van der Waals surface area (Å²) in [5.41, 5.74) is -1.85. The van der Waals surface area contributed by atoms with E-state index < -0.39 is 29.8 Å². The maximum atomic E-state index is 13.2. The van der Waals surface area contributed by atoms with Crippen LogP contribution in [-0.4, -0.2) is 46.7 Å². The Morgan fingerprint density at radius 3 is 2.40 bits per heavy atom. The number of alkyl halides is 3. The van der Waals surface area contributed by atoms with Crippen LogP contribution >= 0.6 is 0 Å². The third kappa shape index (κ3) is 2.99. The van der Waals surface area contributed by atoms with E-state index in [1.807, 2.05) is 0 Å². The summed E-state index contributed by atoms with van der Waals surface area (Å²) in [5, 5.41) is 12.8. The molecule has 2 heterocycles. The number of benzene rings is 1. The van der Waals surface area contributed by atoms with E-state index in [0.717, 1.165) is 0 Å². The van der Waals surface area contributed by atoms with Crippen molar-refractivity contribution in [1.29, 1.82) is 0 Å². The van der Waals surface area contributed by atoms with Gasteiger partial charge in [0.2, 0.25) is 5.91 Å². The van der Waals surface area contributed by atoms with Gasteiger partial charge in [-0.15, -0.1) is 0 Å². The highest BCUT2D eigenvalue weighted by Crippen LogP contribution is 2.45. The fourth-order valence-corrected chi connectivity index (χ4v) is 3.92. The van der Waals surface area contributed by atoms with Gasteiger partial charge in [0.25, 0.3) is 0 Å². The van der Waals surface area contributed by atoms with Crippen molar-refractivity contribution in [2.45, 2.75) is 42.9 Å². The normalized spacial score (nSPS) is 29.8. The van der Waals surface area contributed by atoms with E-state index in [1.54, 1.807) is 30.3 Å². The summed E-state index contributed by atoms with van der Waals surface area (Å²) in [6.45, 7) is -0.893. The minimum absolute atomic E-state index is 0.135. The van der Waals surface area contributed by atoms with E-state index in [1.165, 1.54) is 0 Å². The number of nitrogens with zero attached hydrogens (tertiary/aromatic N) is 1. The molecule has 0 unspecified atom stereocenters. The van der Waals surface area contributed by atoms with Gasteiger partial charge in [0.1, 0.15) is 0 Å². The van der Waals surface area contributed by atoms with Crippen LogP contribution < -0.4 is 5.32 Å². The zero-order valence-corrected chi connectivity index (χ0v) is 13.5. The molecule has 1 spiro atoms. The molecule has 0 aromatic heterocycles. The number of aliphatic hydroxyl groups excluding tert-OH is 1. The van der Waals surface area contributed by atoms with Crippen molar-refractivity contribution in [2.75, 3.05) is 13.2 Å². The predicted octanol–water partition coefficient (Wildman–Crippen LogP) is 1.71. The highest BCUT2D eigenvalue weighted by molar-refractivity contribution is 5.84. The van der Waals surface area contributed by atoms with Crippen molar-refractivity contribution >= 4 is 11.8 Å². The fraction of sp³-hybridized carbons (Fsp3) is 0.529. The molecule has 0 radical (unpaired) electrons. The molecule has 2 N–H and O–H groups in total. The van der Waals surface area contributed by atoms with Crippen molar-refractivity contribution in [3.8, 4) is 0 Å². The van der Waals surface area contributed by atoms with Crippen LogP contribution in [0.3, 0.4) is 0 Å². The molecule has 2 aliphatic heterocycles. The van der Waals surface area contributed by atoms with Crippen molar-refractivity contribution in [1.82, 2.24) is 10.2 Å². The Morgan fingerprint density at radius 1 is 1.20 bits per heavy atom. The van der Waals surface area contributed by atoms with Gasteiger partial charge in [-0.2, -0.15) is 13.2 Å². The molecule has 0 aliphatic carbocycles. The molecule has 8 heteroatoms. The van der Waals surface area contributed by atoms with Crippen molar-refractivity contribution in [2.24, 2.45) is 0 Å². The van der Waals surface area contributed by atoms with Crippen LogP contribution in [-0.2, 0) is 15.1 Å². The molecule has 0 bridgehead atoms. The monoisotopic (exact) mass is 356 g/mol. The van der Waals surface area contributed by atoms with E-state index in [9.17, 15) is 27.9 Å². The number of rotatable bonds is 2. The Bertz CT molecular complexity index is 679. The topological polar surface area (TPSA) is 69.6 Å². The van der Waals surface area contributed by atoms with Crippen LogP contribution in [0.4, 0.5) is 13.2 Å². The molecule has 1 aromatic rings. The van der Waals surface area contributed by atoms with Crippen LogP contribution in [0.1, 0.15) is 31.2 Å². The number of carbonyl (C=O) groups excluding carboxylic acids is 2. The van der Waals surface area contributed by atoms with Crippen LogP contribution in [0.5, 0.6) is 0 Å². The quantitative estimate of drug-likeness (QED) is 0.848. The summed E-state index contributed by atoms with van der Waals surface area (Å²) in [6, 6.07) is 8.25. The Morgan fingerprint density at radius 2 is 1.88 bits per heavy atom. The summed E-state index contributed by atoms with van der Waals surface area (Å²) in [5.74, 6) is -2.22. The average molecular weight is 356 g/mol. The van der Waals surface area contributed by atoms with Gasteiger partial charge in [0.05, 0.1) is 17.7 Å². The smallest absolute Gasteiger partial charge is 0.394 e. The van der Waals surface area contributed by atoms with Gasteiger partial charge >= 0.3 is 12.1 Å². The van der Waals surface area contributed by atoms with E-state index in [0.29, 0.717) is 23.3 Å². The lowest BCUT2D eigenvalue weighted by Gasteiger charge is -2.52. The SMILES string of the molecule is O=C1CC[C@]2(CC[C@@](CO)(c3ccccc3)N(C(=O)C(F)(F)F)C2)N1. The van der Waals surface area contributed by atoms with Crippen molar-refractivity contribution in [3.63, 3.8) is 0 Å². The lowest BCUT2D eigenvalue weighted by Crippen LogP contribution is -2.66. The first-order chi connectivity index (χ1) is 11.7. The summed E-state index contributed by atoms with van der Waals surface area (Å²) in [4.78, 5) is 24.5. The largest absolute Gasteiger partial charge is 0.471 e. The molecule has 1 aromatic carbocycles. The second kappa shape index (κ2) is 6.01. The van der Waals surface area contributed by atoms with Crippen molar-refractivity contribution in [3.05, 3.63) is 35.9 Å². The maximum absolute atomic E-state index is 13.2. The van der Waals surface area contributed by atoms with Gasteiger partial charge in [-0.1, -0.05) is 30.3 Å². The fourth-order valence-electron chi connectivity index (χ4n) is 3.92. The average Bonchev–Trinajstić information content (AvgIpc) is 2.95. The molecule has 5 nitrogen and oxygen atoms in total. The van der Waals surface area contributed by atoms with Gasteiger partial charge in [-0.3, -0.25) is 9.59 Å². The first kappa shape index (κ1) is 17.7. The molecule has 0 saturated carbocycles. The van der Waals surface area contributed by atoms with Gasteiger partial charge < -0.3 is 15.3 Å². The molecule has 2 aliphatic rings. The summed E-state index contributed by atoms with van der Waals surface area (Å²) in [7, 11) is 0. The first-order valence-electron chi connectivity index (χ1n) is 8.09. The lowest BCUT2D eigenvalue weighted by atomic mass is 9.74. The zero-order chi connectivity index (χ0) is 18.3. The molecule has 2 fully saturated rings. The first-order valence-corrected chi connectivity index (χ1v) is 8.09. The maximum Gasteiger partial charge on any atom is 0.471 e. The van der Waals surface area contributed by atoms with E-state index in [2.05, 4.69) is 5.32 Å². The number of carbonyl (C=O) groups is 2. The van der Waals surface area contributed by atoms with Crippen LogP contribution in [0.15, 0.2) is 30.3 Å². The highest BCUT2D eigenvalue weighted by Gasteiger charge is 2.57. The van der Waals surface area contributed by atoms with Gasteiger partial charge in [0, 0.05) is 13.0 Å². The number of amides is 2. The number of aliphatic hydroxyl groups is 1. The molecule has 2 amide bonds. The number of likely N-dealkylation sites (tertiary alicyclic amines) is 1. The molecular weight excluding hydrogens is 337 g/mol. The van der Waals surface area contributed by atoms with E-state index in [4.69, 9.17) is 0 Å². The molecule has 136 valence electrons. The Kier molecular flexibility index (Phi) is 4.26. The summed E-state index contributed by atoms with van der Waals surface area (Å²) in [6.07, 6.45) is -3.92. The molecule has 2 saturated heterocycles. The molecule has 3 rings (SSSR count). The Balaban J connectivity index is 2.05. The number of nitrogens with one attached hydrogen (secondary N) is 1. The van der Waals surface area contributed by atoms with Crippen LogP contribution in [0.2, 0.25) is 0 Å². The molecule has 2 atom stereocenters. The molecular formula is C17H19F3N2O3. The van der Waals surface area contributed by atoms with E-state index in [-0.39, 0.29) is 25.3 Å². The van der Waals surface area contributed by atoms with Gasteiger partial charge in [-0.05, 0) is 24.8 Å². The van der Waals surface area contributed by atoms with Crippen LogP contribution in [0, 0.1) is 0 Å². The summed E-state index contributed by atoms with van der Waals surface area (Å²) < 4.78 is 39.7. The summed E-state index contributed by atoms with van der Waals surface area (Å²) >= 11 is 0. The Labute approximate surface area is 142 Å². The number of halogens is 3. The van der Waals surface area contributed by atoms with Gasteiger partial charge in [-0.25, -0.2) is 0 Å². The zero-order valence-electron chi connectivity index (χ0n) is 13.5. The third-order valence-corrected chi connectivity index (χ3v) is 5.29.